The molecule has 0 aliphatic carbocycles. The molecule has 0 unspecified atom stereocenters. The van der Waals surface area contributed by atoms with Crippen LogP contribution in [-0.4, -0.2) is 34.8 Å². The molecule has 1 aliphatic heterocycles. The van der Waals surface area contributed by atoms with Gasteiger partial charge in [-0.15, -0.1) is 0 Å². The minimum absolute atomic E-state index is 0.0387. The fraction of sp³-hybridized carbons (Fsp3) is 0.444. The molecule has 0 radical (unpaired) electrons. The molecule has 6 nitrogen and oxygen atoms in total. The first-order chi connectivity index (χ1) is 11.5. The zero-order valence-electron chi connectivity index (χ0n) is 14.7. The van der Waals surface area contributed by atoms with Crippen molar-refractivity contribution in [3.8, 4) is 5.75 Å². The Kier molecular flexibility index (Phi) is 4.57. The van der Waals surface area contributed by atoms with Crippen molar-refractivity contribution in [1.82, 2.24) is 14.5 Å². The van der Waals surface area contributed by atoms with Gasteiger partial charge in [0.1, 0.15) is 5.75 Å². The van der Waals surface area contributed by atoms with Gasteiger partial charge in [0.05, 0.1) is 20.4 Å². The molecule has 2 aromatic rings. The van der Waals surface area contributed by atoms with Crippen LogP contribution in [0.15, 0.2) is 29.1 Å². The Morgan fingerprint density at radius 1 is 1.17 bits per heavy atom. The molecule has 0 atom stereocenters. The van der Waals surface area contributed by atoms with E-state index in [-0.39, 0.29) is 5.56 Å². The van der Waals surface area contributed by atoms with Gasteiger partial charge in [-0.2, -0.15) is 0 Å². The van der Waals surface area contributed by atoms with Gasteiger partial charge in [0.2, 0.25) is 5.95 Å². The van der Waals surface area contributed by atoms with Crippen LogP contribution in [0.5, 0.6) is 5.75 Å². The van der Waals surface area contributed by atoms with Crippen molar-refractivity contribution in [3.05, 3.63) is 45.9 Å². The van der Waals surface area contributed by atoms with Crippen LogP contribution >= 0.6 is 0 Å². The second-order valence-corrected chi connectivity index (χ2v) is 6.16. The molecule has 3 rings (SSSR count). The molecule has 0 spiro atoms. The maximum atomic E-state index is 12.7. The molecule has 1 aliphatic rings. The Bertz CT molecular complexity index is 783. The smallest absolute Gasteiger partial charge is 0.259 e. The Labute approximate surface area is 142 Å². The molecule has 1 aromatic heterocycles. The predicted molar refractivity (Wildman–Crippen MR) is 95.0 cm³/mol. The quantitative estimate of drug-likeness (QED) is 0.863. The average Bonchev–Trinajstić information content (AvgIpc) is 2.60. The highest BCUT2D eigenvalue weighted by molar-refractivity contribution is 5.59. The molecule has 0 N–H and O–H groups in total. The number of aryl methyl sites for hydroxylation is 1. The molecule has 2 heterocycles. The van der Waals surface area contributed by atoms with Gasteiger partial charge in [0.15, 0.2) is 0 Å². The Hall–Kier alpha value is -2.34. The average molecular weight is 328 g/mol. The van der Waals surface area contributed by atoms with E-state index in [4.69, 9.17) is 9.72 Å². The third-order valence-electron chi connectivity index (χ3n) is 4.47. The van der Waals surface area contributed by atoms with Gasteiger partial charge in [-0.25, -0.2) is 4.98 Å². The van der Waals surface area contributed by atoms with Crippen molar-refractivity contribution in [3.63, 3.8) is 0 Å². The Morgan fingerprint density at radius 3 is 2.50 bits per heavy atom. The number of benzene rings is 1. The van der Waals surface area contributed by atoms with Crippen LogP contribution in [0.4, 0.5) is 11.6 Å². The van der Waals surface area contributed by atoms with Gasteiger partial charge in [0, 0.05) is 23.5 Å². The highest BCUT2D eigenvalue weighted by Crippen LogP contribution is 2.29. The standard InChI is InChI=1S/C18H24N4O2/c1-5-10-20-11-21(15-6-8-16(24-4)9-7-15)18-19-14(3)13(2)17(23)22(18)12-20/h6-9H,5,10-12H2,1-4H3. The number of methoxy groups -OCH3 is 1. The van der Waals surface area contributed by atoms with Crippen LogP contribution in [0.2, 0.25) is 0 Å². The SMILES string of the molecule is CCCN1CN(c2ccc(OC)cc2)c2nc(C)c(C)c(=O)n2C1. The van der Waals surface area contributed by atoms with Gasteiger partial charge in [-0.3, -0.25) is 19.2 Å². The largest absolute Gasteiger partial charge is 0.497 e. The first-order valence-electron chi connectivity index (χ1n) is 8.27. The van der Waals surface area contributed by atoms with E-state index in [9.17, 15) is 4.79 Å². The number of fused-ring (bicyclic) bond motifs is 1. The minimum atomic E-state index is 0.0387. The van der Waals surface area contributed by atoms with Crippen molar-refractivity contribution < 1.29 is 4.74 Å². The van der Waals surface area contributed by atoms with Crippen LogP contribution in [0, 0.1) is 13.8 Å². The topological polar surface area (TPSA) is 50.6 Å². The molecular weight excluding hydrogens is 304 g/mol. The van der Waals surface area contributed by atoms with Crippen LogP contribution in [0.25, 0.3) is 0 Å². The van der Waals surface area contributed by atoms with E-state index in [0.717, 1.165) is 36.8 Å². The zero-order chi connectivity index (χ0) is 17.3. The van der Waals surface area contributed by atoms with Gasteiger partial charge >= 0.3 is 0 Å². The summed E-state index contributed by atoms with van der Waals surface area (Å²) >= 11 is 0. The molecule has 6 heteroatoms. The van der Waals surface area contributed by atoms with Crippen LogP contribution in [0.3, 0.4) is 0 Å². The van der Waals surface area contributed by atoms with Crippen LogP contribution < -0.4 is 15.2 Å². The lowest BCUT2D eigenvalue weighted by molar-refractivity contribution is 0.198. The van der Waals surface area contributed by atoms with Crippen molar-refractivity contribution in [2.75, 3.05) is 25.2 Å². The summed E-state index contributed by atoms with van der Waals surface area (Å²) in [6.07, 6.45) is 1.04. The maximum absolute atomic E-state index is 12.7. The number of hydrogen-bond acceptors (Lipinski definition) is 5. The van der Waals surface area contributed by atoms with E-state index in [1.165, 1.54) is 0 Å². The van der Waals surface area contributed by atoms with E-state index >= 15 is 0 Å². The summed E-state index contributed by atoms with van der Waals surface area (Å²) in [5, 5.41) is 0. The summed E-state index contributed by atoms with van der Waals surface area (Å²) in [5.41, 5.74) is 2.54. The fourth-order valence-electron chi connectivity index (χ4n) is 3.00. The number of anilines is 2. The summed E-state index contributed by atoms with van der Waals surface area (Å²) in [5.74, 6) is 1.52. The first-order valence-corrected chi connectivity index (χ1v) is 8.27. The highest BCUT2D eigenvalue weighted by Gasteiger charge is 2.26. The number of rotatable bonds is 4. The summed E-state index contributed by atoms with van der Waals surface area (Å²) in [7, 11) is 1.65. The maximum Gasteiger partial charge on any atom is 0.259 e. The monoisotopic (exact) mass is 328 g/mol. The summed E-state index contributed by atoms with van der Waals surface area (Å²) in [6.45, 7) is 8.12. The van der Waals surface area contributed by atoms with Gasteiger partial charge in [-0.05, 0) is 44.5 Å². The lowest BCUT2D eigenvalue weighted by Gasteiger charge is -2.38. The van der Waals surface area contributed by atoms with Crippen molar-refractivity contribution in [2.24, 2.45) is 0 Å². The predicted octanol–water partition coefficient (Wildman–Crippen LogP) is 2.65. The van der Waals surface area contributed by atoms with Crippen molar-refractivity contribution in [2.45, 2.75) is 33.9 Å². The number of aromatic nitrogens is 2. The van der Waals surface area contributed by atoms with Crippen molar-refractivity contribution >= 4 is 11.6 Å². The van der Waals surface area contributed by atoms with E-state index in [1.807, 2.05) is 38.1 Å². The second kappa shape index (κ2) is 6.65. The van der Waals surface area contributed by atoms with Crippen molar-refractivity contribution in [1.29, 1.82) is 0 Å². The second-order valence-electron chi connectivity index (χ2n) is 6.16. The number of hydrogen-bond donors (Lipinski definition) is 0. The molecule has 24 heavy (non-hydrogen) atoms. The van der Waals surface area contributed by atoms with Gasteiger partial charge < -0.3 is 4.74 Å². The van der Waals surface area contributed by atoms with Gasteiger partial charge in [-0.1, -0.05) is 6.92 Å². The summed E-state index contributed by atoms with van der Waals surface area (Å²) in [6, 6.07) is 7.86. The van der Waals surface area contributed by atoms with E-state index in [0.29, 0.717) is 18.2 Å². The molecule has 128 valence electrons. The van der Waals surface area contributed by atoms with E-state index in [1.54, 1.807) is 11.7 Å². The van der Waals surface area contributed by atoms with E-state index in [2.05, 4.69) is 16.7 Å². The summed E-state index contributed by atoms with van der Waals surface area (Å²) in [4.78, 5) is 21.8. The third-order valence-corrected chi connectivity index (χ3v) is 4.47. The normalized spacial score (nSPS) is 14.6. The number of nitrogens with zero attached hydrogens (tertiary/aromatic N) is 4. The fourth-order valence-corrected chi connectivity index (χ4v) is 3.00. The molecule has 0 amide bonds. The highest BCUT2D eigenvalue weighted by atomic mass is 16.5. The zero-order valence-corrected chi connectivity index (χ0v) is 14.7. The molecule has 0 saturated heterocycles. The number of ether oxygens (including phenoxy) is 1. The first kappa shape index (κ1) is 16.5. The van der Waals surface area contributed by atoms with Crippen LogP contribution in [-0.2, 0) is 6.67 Å². The summed E-state index contributed by atoms with van der Waals surface area (Å²) < 4.78 is 7.01. The van der Waals surface area contributed by atoms with Gasteiger partial charge in [0.25, 0.3) is 5.56 Å². The van der Waals surface area contributed by atoms with E-state index < -0.39 is 0 Å². The lowest BCUT2D eigenvalue weighted by Crippen LogP contribution is -2.48. The Balaban J connectivity index is 2.10. The molecular formula is C18H24N4O2. The molecule has 1 aromatic carbocycles. The third kappa shape index (κ3) is 2.89. The molecule has 0 bridgehead atoms. The Morgan fingerprint density at radius 2 is 1.88 bits per heavy atom. The van der Waals surface area contributed by atoms with Crippen LogP contribution in [0.1, 0.15) is 24.6 Å². The molecule has 0 saturated carbocycles. The lowest BCUT2D eigenvalue weighted by atomic mass is 10.2. The minimum Gasteiger partial charge on any atom is -0.497 e. The molecule has 0 fully saturated rings.